The molecule has 1 N–H and O–H groups in total. The van der Waals surface area contributed by atoms with Crippen molar-refractivity contribution in [3.63, 3.8) is 0 Å². The summed E-state index contributed by atoms with van der Waals surface area (Å²) in [5.74, 6) is -1.59. The maximum Gasteiger partial charge on any atom is 0.137 e. The fourth-order valence-electron chi connectivity index (χ4n) is 3.21. The summed E-state index contributed by atoms with van der Waals surface area (Å²) in [6.07, 6.45) is 9.04. The number of nitrogens with zero attached hydrogens (tertiary/aromatic N) is 7. The molecule has 4 aromatic rings. The van der Waals surface area contributed by atoms with Gasteiger partial charge < -0.3 is 5.11 Å². The predicted octanol–water partition coefficient (Wildman–Crippen LogP) is 2.36. The van der Waals surface area contributed by atoms with E-state index in [4.69, 9.17) is 0 Å². The average Bonchev–Trinajstić information content (AvgIpc) is 3.40. The van der Waals surface area contributed by atoms with Crippen molar-refractivity contribution in [2.45, 2.75) is 25.1 Å². The number of halogens is 2. The molecule has 0 spiro atoms. The first kappa shape index (κ1) is 18.8. The zero-order valence-electron chi connectivity index (χ0n) is 15.4. The van der Waals surface area contributed by atoms with Gasteiger partial charge in [0.1, 0.15) is 36.2 Å². The predicted molar refractivity (Wildman–Crippen MR) is 98.2 cm³/mol. The third-order valence-electron chi connectivity index (χ3n) is 4.83. The van der Waals surface area contributed by atoms with Crippen molar-refractivity contribution in [2.75, 3.05) is 0 Å². The molecular weight excluding hydrogens is 380 g/mol. The third kappa shape index (κ3) is 3.61. The number of rotatable bonds is 6. The van der Waals surface area contributed by atoms with Crippen LogP contribution in [0.5, 0.6) is 0 Å². The molecule has 0 saturated heterocycles. The van der Waals surface area contributed by atoms with Crippen LogP contribution in [0, 0.1) is 11.6 Å². The van der Waals surface area contributed by atoms with Gasteiger partial charge in [-0.3, -0.25) is 4.68 Å². The van der Waals surface area contributed by atoms with Crippen molar-refractivity contribution < 1.29 is 13.9 Å². The molecule has 0 amide bonds. The molecule has 0 aliphatic rings. The monoisotopic (exact) mass is 397 g/mol. The van der Waals surface area contributed by atoms with Crippen LogP contribution in [0.1, 0.15) is 18.5 Å². The highest BCUT2D eigenvalue weighted by atomic mass is 19.1. The highest BCUT2D eigenvalue weighted by Crippen LogP contribution is 2.36. The zero-order valence-corrected chi connectivity index (χ0v) is 15.4. The molecule has 2 atom stereocenters. The van der Waals surface area contributed by atoms with Crippen LogP contribution < -0.4 is 0 Å². The lowest BCUT2D eigenvalue weighted by atomic mass is 9.86. The fraction of sp³-hybridized carbons (Fsp3) is 0.211. The first-order chi connectivity index (χ1) is 14.0. The van der Waals surface area contributed by atoms with Gasteiger partial charge in [0.05, 0.1) is 24.5 Å². The molecule has 0 unspecified atom stereocenters. The molecule has 8 nitrogen and oxygen atoms in total. The van der Waals surface area contributed by atoms with Gasteiger partial charge in [-0.1, -0.05) is 6.07 Å². The van der Waals surface area contributed by atoms with Gasteiger partial charge in [0.15, 0.2) is 0 Å². The van der Waals surface area contributed by atoms with E-state index in [1.165, 1.54) is 34.4 Å². The topological polar surface area (TPSA) is 94.5 Å². The second kappa shape index (κ2) is 7.47. The second-order valence-corrected chi connectivity index (χ2v) is 6.62. The van der Waals surface area contributed by atoms with E-state index in [1.54, 1.807) is 31.6 Å². The van der Waals surface area contributed by atoms with Crippen molar-refractivity contribution in [3.05, 3.63) is 79.0 Å². The molecule has 3 aromatic heterocycles. The lowest BCUT2D eigenvalue weighted by Crippen LogP contribution is -2.40. The largest absolute Gasteiger partial charge is 0.381 e. The van der Waals surface area contributed by atoms with Gasteiger partial charge in [0.2, 0.25) is 0 Å². The summed E-state index contributed by atoms with van der Waals surface area (Å²) in [5, 5.41) is 19.9. The summed E-state index contributed by atoms with van der Waals surface area (Å²) in [5.41, 5.74) is -0.491. The van der Waals surface area contributed by atoms with E-state index in [9.17, 15) is 13.9 Å². The summed E-state index contributed by atoms with van der Waals surface area (Å²) in [6, 6.07) is 4.07. The highest BCUT2D eigenvalue weighted by molar-refractivity contribution is 5.55. The summed E-state index contributed by atoms with van der Waals surface area (Å²) in [4.78, 5) is 11.9. The van der Waals surface area contributed by atoms with Crippen molar-refractivity contribution in [1.29, 1.82) is 0 Å². The number of benzene rings is 1. The smallest absolute Gasteiger partial charge is 0.137 e. The van der Waals surface area contributed by atoms with Crippen LogP contribution in [-0.4, -0.2) is 39.6 Å². The van der Waals surface area contributed by atoms with Crippen LogP contribution >= 0.6 is 0 Å². The van der Waals surface area contributed by atoms with Crippen molar-refractivity contribution in [3.8, 4) is 11.3 Å². The summed E-state index contributed by atoms with van der Waals surface area (Å²) < 4.78 is 31.0. The maximum atomic E-state index is 14.6. The van der Waals surface area contributed by atoms with Gasteiger partial charge in [-0.2, -0.15) is 10.2 Å². The maximum absolute atomic E-state index is 14.6. The van der Waals surface area contributed by atoms with E-state index in [-0.39, 0.29) is 12.1 Å². The Balaban J connectivity index is 1.75. The summed E-state index contributed by atoms with van der Waals surface area (Å²) >= 11 is 0. The van der Waals surface area contributed by atoms with Crippen LogP contribution in [0.2, 0.25) is 0 Å². The molecule has 0 aliphatic heterocycles. The Morgan fingerprint density at radius 3 is 2.69 bits per heavy atom. The molecule has 0 saturated carbocycles. The Hall–Kier alpha value is -3.53. The number of hydrogen-bond acceptors (Lipinski definition) is 6. The third-order valence-corrected chi connectivity index (χ3v) is 4.83. The van der Waals surface area contributed by atoms with E-state index in [0.29, 0.717) is 11.3 Å². The number of aromatic nitrogens is 7. The quantitative estimate of drug-likeness (QED) is 0.537. The molecule has 4 rings (SSSR count). The van der Waals surface area contributed by atoms with E-state index >= 15 is 0 Å². The van der Waals surface area contributed by atoms with Gasteiger partial charge in [0.25, 0.3) is 0 Å². The minimum absolute atomic E-state index is 0.0685. The molecular formula is C19H17F2N7O. The standard InChI is InChI=1S/C19H17F2N7O/c1-13(28-8-14(7-25-28)18-4-5-22-10-24-18)19(29,9-27-12-23-11-26-27)16-3-2-15(20)6-17(16)21/h2-8,10-13,29H,9H2,1H3/t13-,19-/m1/s1. The Morgan fingerprint density at radius 1 is 1.14 bits per heavy atom. The fourth-order valence-corrected chi connectivity index (χ4v) is 3.21. The number of aliphatic hydroxyl groups is 1. The van der Waals surface area contributed by atoms with Crippen LogP contribution in [0.15, 0.2) is 61.8 Å². The second-order valence-electron chi connectivity index (χ2n) is 6.62. The first-order valence-electron chi connectivity index (χ1n) is 8.78. The minimum atomic E-state index is -1.79. The van der Waals surface area contributed by atoms with Crippen molar-refractivity contribution >= 4 is 0 Å². The molecule has 148 valence electrons. The van der Waals surface area contributed by atoms with Crippen LogP contribution in [-0.2, 0) is 12.1 Å². The molecule has 0 radical (unpaired) electrons. The zero-order chi connectivity index (χ0) is 20.4. The Kier molecular flexibility index (Phi) is 4.85. The SMILES string of the molecule is C[C@@H](n1cc(-c2ccncn2)cn1)[C@](O)(Cn1cncn1)c1ccc(F)cc1F. The van der Waals surface area contributed by atoms with Crippen LogP contribution in [0.25, 0.3) is 11.3 Å². The van der Waals surface area contributed by atoms with Crippen LogP contribution in [0.3, 0.4) is 0 Å². The minimum Gasteiger partial charge on any atom is -0.381 e. The Labute approximate surface area is 164 Å². The molecule has 3 heterocycles. The van der Waals surface area contributed by atoms with Gasteiger partial charge in [-0.15, -0.1) is 0 Å². The van der Waals surface area contributed by atoms with Crippen molar-refractivity contribution in [2.24, 2.45) is 0 Å². The van der Waals surface area contributed by atoms with Gasteiger partial charge in [-0.25, -0.2) is 28.4 Å². The van der Waals surface area contributed by atoms with E-state index in [0.717, 1.165) is 12.1 Å². The van der Waals surface area contributed by atoms with E-state index in [2.05, 4.69) is 25.1 Å². The van der Waals surface area contributed by atoms with Gasteiger partial charge in [-0.05, 0) is 19.1 Å². The average molecular weight is 397 g/mol. The van der Waals surface area contributed by atoms with Crippen molar-refractivity contribution in [1.82, 2.24) is 34.5 Å². The molecule has 10 heteroatoms. The van der Waals surface area contributed by atoms with Crippen LogP contribution in [0.4, 0.5) is 8.78 Å². The molecule has 0 bridgehead atoms. The lowest BCUT2D eigenvalue weighted by molar-refractivity contribution is -0.0368. The van der Waals surface area contributed by atoms with E-state index in [1.807, 2.05) is 0 Å². The molecule has 0 fully saturated rings. The van der Waals surface area contributed by atoms with Gasteiger partial charge in [0, 0.05) is 29.6 Å². The molecule has 0 aliphatic carbocycles. The Morgan fingerprint density at radius 2 is 2.00 bits per heavy atom. The summed E-state index contributed by atoms with van der Waals surface area (Å²) in [6.45, 7) is 1.58. The molecule has 29 heavy (non-hydrogen) atoms. The molecule has 1 aromatic carbocycles. The highest BCUT2D eigenvalue weighted by Gasteiger charge is 2.40. The van der Waals surface area contributed by atoms with E-state index < -0.39 is 23.3 Å². The normalized spacial score (nSPS) is 14.5. The Bertz CT molecular complexity index is 1100. The lowest BCUT2D eigenvalue weighted by Gasteiger charge is -2.34. The first-order valence-corrected chi connectivity index (χ1v) is 8.78. The summed E-state index contributed by atoms with van der Waals surface area (Å²) in [7, 11) is 0. The number of hydrogen-bond donors (Lipinski definition) is 1. The van der Waals surface area contributed by atoms with Gasteiger partial charge >= 0.3 is 0 Å².